The number of hydrogen-bond acceptors (Lipinski definition) is 4. The number of hydrogen-bond donors (Lipinski definition) is 2. The Morgan fingerprint density at radius 2 is 1.71 bits per heavy atom. The molecule has 1 aliphatic rings. The highest BCUT2D eigenvalue weighted by Crippen LogP contribution is 2.46. The van der Waals surface area contributed by atoms with Crippen molar-refractivity contribution in [1.82, 2.24) is 15.1 Å². The summed E-state index contributed by atoms with van der Waals surface area (Å²) in [5, 5.41) is 28.3. The first-order valence-electron chi connectivity index (χ1n) is 12.9. The second-order valence-corrected chi connectivity index (χ2v) is 11.0. The number of carboxylic acid groups (broad SMARTS) is 1. The van der Waals surface area contributed by atoms with Crippen LogP contribution in [0.15, 0.2) is 85.1 Å². The van der Waals surface area contributed by atoms with E-state index in [9.17, 15) is 20.0 Å². The van der Waals surface area contributed by atoms with Crippen LogP contribution in [-0.2, 0) is 12.1 Å². The first kappa shape index (κ1) is 26.6. The van der Waals surface area contributed by atoms with Gasteiger partial charge in [0.25, 0.3) is 5.91 Å². The molecule has 0 atom stereocenters. The van der Waals surface area contributed by atoms with E-state index in [0.29, 0.717) is 33.2 Å². The van der Waals surface area contributed by atoms with E-state index in [1.165, 1.54) is 0 Å². The average Bonchev–Trinajstić information content (AvgIpc) is 3.64. The van der Waals surface area contributed by atoms with Crippen molar-refractivity contribution in [1.29, 1.82) is 5.26 Å². The Balaban J connectivity index is 1.43. The molecule has 0 aliphatic heterocycles. The Kier molecular flexibility index (Phi) is 6.74. The van der Waals surface area contributed by atoms with Crippen LogP contribution in [0.2, 0.25) is 10.0 Å². The van der Waals surface area contributed by atoms with Crippen molar-refractivity contribution >= 4 is 46.0 Å². The number of aromatic nitrogens is 2. The minimum atomic E-state index is -1.00. The molecule has 0 saturated heterocycles. The van der Waals surface area contributed by atoms with E-state index in [1.807, 2.05) is 36.4 Å². The largest absolute Gasteiger partial charge is 0.478 e. The van der Waals surface area contributed by atoms with Crippen molar-refractivity contribution in [2.24, 2.45) is 0 Å². The number of nitrogens with zero attached hydrogens (tertiary/aromatic N) is 3. The quantitative estimate of drug-likeness (QED) is 0.214. The van der Waals surface area contributed by atoms with Gasteiger partial charge in [0.15, 0.2) is 0 Å². The van der Waals surface area contributed by atoms with Crippen molar-refractivity contribution < 1.29 is 14.7 Å². The third-order valence-electron chi connectivity index (χ3n) is 7.35. The topological polar surface area (TPSA) is 108 Å². The van der Waals surface area contributed by atoms with Crippen LogP contribution < -0.4 is 5.32 Å². The van der Waals surface area contributed by atoms with Gasteiger partial charge >= 0.3 is 5.97 Å². The molecule has 0 unspecified atom stereocenters. The molecular formula is C32H22Cl2N4O3. The van der Waals surface area contributed by atoms with E-state index in [1.54, 1.807) is 53.3 Å². The lowest BCUT2D eigenvalue weighted by molar-refractivity contribution is 0.0696. The van der Waals surface area contributed by atoms with Crippen LogP contribution in [0.1, 0.15) is 50.2 Å². The lowest BCUT2D eigenvalue weighted by Crippen LogP contribution is -2.35. The van der Waals surface area contributed by atoms with Crippen LogP contribution in [0, 0.1) is 11.3 Å². The number of carboxylic acids is 1. The number of halogens is 2. The number of amides is 1. The fraction of sp³-hybridized carbons (Fsp3) is 0.125. The second kappa shape index (κ2) is 10.4. The van der Waals surface area contributed by atoms with Gasteiger partial charge in [0, 0.05) is 15.4 Å². The van der Waals surface area contributed by atoms with Crippen LogP contribution >= 0.6 is 23.2 Å². The van der Waals surface area contributed by atoms with Crippen molar-refractivity contribution in [3.8, 4) is 17.2 Å². The molecule has 0 radical (unpaired) electrons. The summed E-state index contributed by atoms with van der Waals surface area (Å²) in [6.45, 7) is 0.342. The third-order valence-corrected chi connectivity index (χ3v) is 7.78. The summed E-state index contributed by atoms with van der Waals surface area (Å²) in [5.74, 6) is -1.28. The Morgan fingerprint density at radius 1 is 0.976 bits per heavy atom. The Labute approximate surface area is 245 Å². The van der Waals surface area contributed by atoms with Gasteiger partial charge < -0.3 is 10.4 Å². The molecule has 1 aromatic heterocycles. The van der Waals surface area contributed by atoms with E-state index in [-0.39, 0.29) is 11.5 Å². The molecule has 9 heteroatoms. The summed E-state index contributed by atoms with van der Waals surface area (Å²) < 4.78 is 1.75. The third kappa shape index (κ3) is 5.28. The van der Waals surface area contributed by atoms with E-state index in [2.05, 4.69) is 16.5 Å². The van der Waals surface area contributed by atoms with Crippen molar-refractivity contribution in [3.05, 3.63) is 123 Å². The highest BCUT2D eigenvalue weighted by atomic mass is 35.5. The Hall–Kier alpha value is -4.64. The highest BCUT2D eigenvalue weighted by molar-refractivity contribution is 6.34. The summed E-state index contributed by atoms with van der Waals surface area (Å²) in [6, 6.07) is 25.0. The number of carbonyl (C=O) groups excluding carboxylic acids is 1. The van der Waals surface area contributed by atoms with Gasteiger partial charge in [0.1, 0.15) is 0 Å². The number of aromatic carboxylic acids is 1. The number of rotatable bonds is 7. The summed E-state index contributed by atoms with van der Waals surface area (Å²) >= 11 is 12.5. The SMILES string of the molecule is N#Cc1cccc(-c2cc(C(=O)NC3(c4ccc(C(=O)O)cc4)CC3)c3c(cnn3Cc3cc(Cl)cc(Cl)c3)c2)c1. The Bertz CT molecular complexity index is 1870. The van der Waals surface area contributed by atoms with E-state index >= 15 is 0 Å². The van der Waals surface area contributed by atoms with Crippen LogP contribution in [-0.4, -0.2) is 26.8 Å². The first-order chi connectivity index (χ1) is 19.7. The van der Waals surface area contributed by atoms with Gasteiger partial charge in [-0.3, -0.25) is 9.48 Å². The predicted octanol–water partition coefficient (Wildman–Crippen LogP) is 7.05. The monoisotopic (exact) mass is 580 g/mol. The van der Waals surface area contributed by atoms with Gasteiger partial charge in [-0.2, -0.15) is 10.4 Å². The van der Waals surface area contributed by atoms with E-state index in [0.717, 1.165) is 40.5 Å². The number of benzene rings is 4. The lowest BCUT2D eigenvalue weighted by atomic mass is 9.97. The standard InChI is InChI=1S/C32H22Cl2N4O3/c33-26-11-20(12-27(34)15-26)18-38-29-24(17-36-38)13-23(22-3-1-2-19(10-22)16-35)14-28(29)30(39)37-32(8-9-32)25-6-4-21(5-7-25)31(40)41/h1-7,10-15,17H,8-9,18H2,(H,37,39)(H,40,41). The molecule has 41 heavy (non-hydrogen) atoms. The normalized spacial score (nSPS) is 13.5. The van der Waals surface area contributed by atoms with Crippen LogP contribution in [0.25, 0.3) is 22.0 Å². The molecule has 7 nitrogen and oxygen atoms in total. The summed E-state index contributed by atoms with van der Waals surface area (Å²) in [6.07, 6.45) is 3.18. The van der Waals surface area contributed by atoms with Gasteiger partial charge in [-0.1, -0.05) is 47.5 Å². The molecule has 202 valence electrons. The molecule has 2 N–H and O–H groups in total. The van der Waals surface area contributed by atoms with Crippen LogP contribution in [0.3, 0.4) is 0 Å². The van der Waals surface area contributed by atoms with Crippen molar-refractivity contribution in [3.63, 3.8) is 0 Å². The zero-order valence-corrected chi connectivity index (χ0v) is 23.1. The number of nitrogens with one attached hydrogen (secondary N) is 1. The maximum absolute atomic E-state index is 14.0. The number of fused-ring (bicyclic) bond motifs is 1. The lowest BCUT2D eigenvalue weighted by Gasteiger charge is -2.19. The van der Waals surface area contributed by atoms with Crippen LogP contribution in [0.5, 0.6) is 0 Å². The summed E-state index contributed by atoms with van der Waals surface area (Å²) in [4.78, 5) is 25.4. The van der Waals surface area contributed by atoms with Crippen molar-refractivity contribution in [2.45, 2.75) is 24.9 Å². The molecule has 6 rings (SSSR count). The highest BCUT2D eigenvalue weighted by Gasteiger charge is 2.46. The van der Waals surface area contributed by atoms with Crippen molar-refractivity contribution in [2.75, 3.05) is 0 Å². The maximum atomic E-state index is 14.0. The summed E-state index contributed by atoms with van der Waals surface area (Å²) in [5.41, 5.74) is 4.48. The molecule has 1 amide bonds. The molecule has 1 heterocycles. The molecule has 0 spiro atoms. The maximum Gasteiger partial charge on any atom is 0.335 e. The zero-order chi connectivity index (χ0) is 28.7. The van der Waals surface area contributed by atoms with Crippen LogP contribution in [0.4, 0.5) is 0 Å². The van der Waals surface area contributed by atoms with Gasteiger partial charge in [-0.25, -0.2) is 4.79 Å². The molecular weight excluding hydrogens is 559 g/mol. The van der Waals surface area contributed by atoms with Gasteiger partial charge in [0.05, 0.1) is 46.6 Å². The molecule has 1 fully saturated rings. The Morgan fingerprint density at radius 3 is 2.37 bits per heavy atom. The zero-order valence-electron chi connectivity index (χ0n) is 21.6. The minimum Gasteiger partial charge on any atom is -0.478 e. The second-order valence-electron chi connectivity index (χ2n) is 10.2. The smallest absolute Gasteiger partial charge is 0.335 e. The van der Waals surface area contributed by atoms with E-state index < -0.39 is 11.5 Å². The fourth-order valence-electron chi connectivity index (χ4n) is 5.16. The molecule has 1 saturated carbocycles. The molecule has 4 aromatic carbocycles. The fourth-order valence-corrected chi connectivity index (χ4v) is 5.73. The molecule has 1 aliphatic carbocycles. The van der Waals surface area contributed by atoms with Gasteiger partial charge in [-0.15, -0.1) is 0 Å². The number of nitriles is 1. The summed E-state index contributed by atoms with van der Waals surface area (Å²) in [7, 11) is 0. The average molecular weight is 581 g/mol. The minimum absolute atomic E-state index is 0.190. The molecule has 0 bridgehead atoms. The van der Waals surface area contributed by atoms with Gasteiger partial charge in [-0.05, 0) is 89.7 Å². The number of carbonyl (C=O) groups is 2. The van der Waals surface area contributed by atoms with Gasteiger partial charge in [0.2, 0.25) is 0 Å². The first-order valence-corrected chi connectivity index (χ1v) is 13.6. The predicted molar refractivity (Wildman–Crippen MR) is 157 cm³/mol. The van der Waals surface area contributed by atoms with E-state index in [4.69, 9.17) is 23.2 Å². The molecule has 5 aromatic rings.